The molecule has 2 aliphatic rings. The fourth-order valence-electron chi connectivity index (χ4n) is 4.44. The van der Waals surface area contributed by atoms with Crippen LogP contribution < -0.4 is 10.5 Å². The predicted octanol–water partition coefficient (Wildman–Crippen LogP) is 3.07. The van der Waals surface area contributed by atoms with Crippen molar-refractivity contribution in [3.8, 4) is 0 Å². The van der Waals surface area contributed by atoms with Crippen LogP contribution >= 0.6 is 0 Å². The average molecular weight is 380 g/mol. The van der Waals surface area contributed by atoms with E-state index >= 15 is 0 Å². The fourth-order valence-corrected chi connectivity index (χ4v) is 4.44. The highest BCUT2D eigenvalue weighted by Gasteiger charge is 2.65. The van der Waals surface area contributed by atoms with Gasteiger partial charge in [0.1, 0.15) is 5.60 Å². The van der Waals surface area contributed by atoms with Gasteiger partial charge in [-0.15, -0.1) is 5.23 Å². The smallest absolute Gasteiger partial charge is 0.338 e. The van der Waals surface area contributed by atoms with Crippen LogP contribution in [0.1, 0.15) is 44.0 Å². The number of benzene rings is 1. The van der Waals surface area contributed by atoms with Gasteiger partial charge in [-0.25, -0.2) is 4.79 Å². The number of hydrogen-bond donors (Lipinski definition) is 2. The number of hydrogen-bond acceptors (Lipinski definition) is 9. The quantitative estimate of drug-likeness (QED) is 0.585. The Balaban J connectivity index is 1.86. The van der Waals surface area contributed by atoms with E-state index in [-0.39, 0.29) is 28.0 Å². The number of ether oxygens (including phenoxy) is 2. The number of rotatable bonds is 5. The van der Waals surface area contributed by atoms with Crippen LogP contribution in [0.25, 0.3) is 0 Å². The largest absolute Gasteiger partial charge is 0.769 e. The molecule has 27 heavy (non-hydrogen) atoms. The summed E-state index contributed by atoms with van der Waals surface area (Å²) in [4.78, 5) is 12.7. The predicted molar refractivity (Wildman–Crippen MR) is 96.3 cm³/mol. The lowest BCUT2D eigenvalue weighted by atomic mass is 9.83. The van der Waals surface area contributed by atoms with E-state index in [0.29, 0.717) is 18.3 Å². The molecule has 0 aliphatic heterocycles. The Morgan fingerprint density at radius 3 is 2.33 bits per heavy atom. The maximum absolute atomic E-state index is 12.7. The number of carbonyl (C=O) groups is 1. The lowest BCUT2D eigenvalue weighted by Crippen LogP contribution is -2.47. The maximum atomic E-state index is 12.7. The van der Waals surface area contributed by atoms with Crippen LogP contribution in [0.5, 0.6) is 0 Å². The zero-order chi connectivity index (χ0) is 20.1. The molecule has 0 saturated heterocycles. The average Bonchev–Trinajstić information content (AvgIpc) is 3.11. The molecule has 2 fully saturated rings. The van der Waals surface area contributed by atoms with Crippen LogP contribution in [0.3, 0.4) is 0 Å². The normalized spacial score (nSPS) is 31.0. The van der Waals surface area contributed by atoms with Crippen LogP contribution in [0.2, 0.25) is 0 Å². The Morgan fingerprint density at radius 1 is 1.15 bits per heavy atom. The second-order valence-electron chi connectivity index (χ2n) is 8.19. The molecule has 0 radical (unpaired) electrons. The Hall–Kier alpha value is -1.91. The molecule has 1 aromatic rings. The second-order valence-corrected chi connectivity index (χ2v) is 8.19. The van der Waals surface area contributed by atoms with Gasteiger partial charge in [-0.3, -0.25) is 10.4 Å². The standard InChI is InChI=1S/C18H24N2O7/c1-17(2)13-8-15(26-4)18(3,9-14(13)17)27-16(21)10-5-11(19(22)23)7-12(6-10)20(24)25/h5-7,13-15,22-23H,8-9H2,1-4H3/q-2/t13-,14-,15+,18-/m0/s1. The second kappa shape index (κ2) is 6.61. The van der Waals surface area contributed by atoms with E-state index in [4.69, 9.17) is 9.47 Å². The molecule has 2 N–H and O–H groups in total. The summed E-state index contributed by atoms with van der Waals surface area (Å²) in [5.41, 5.74) is -1.59. The highest BCUT2D eigenvalue weighted by Crippen LogP contribution is 2.67. The van der Waals surface area contributed by atoms with E-state index in [0.717, 1.165) is 24.6 Å². The number of methoxy groups -OCH3 is 1. The van der Waals surface area contributed by atoms with Crippen LogP contribution in [0.15, 0.2) is 18.2 Å². The molecular weight excluding hydrogens is 356 g/mol. The molecule has 0 amide bonds. The first kappa shape index (κ1) is 19.8. The SMILES string of the molecule is CO[C@@H]1C[C@H]2[C@H](C[C@]1(C)OC(=O)c1cc(N([O-])[O-])cc(N(O)O)c1)C2(C)C. The van der Waals surface area contributed by atoms with Crippen molar-refractivity contribution in [2.24, 2.45) is 17.3 Å². The van der Waals surface area contributed by atoms with Gasteiger partial charge >= 0.3 is 5.97 Å². The van der Waals surface area contributed by atoms with E-state index in [1.807, 2.05) is 6.92 Å². The van der Waals surface area contributed by atoms with Crippen LogP contribution in [0, 0.1) is 27.7 Å². The molecule has 2 aliphatic carbocycles. The maximum Gasteiger partial charge on any atom is 0.338 e. The van der Waals surface area contributed by atoms with Crippen molar-refractivity contribution in [1.82, 2.24) is 0 Å². The van der Waals surface area contributed by atoms with Gasteiger partial charge in [-0.2, -0.15) is 0 Å². The van der Waals surface area contributed by atoms with E-state index in [2.05, 4.69) is 13.8 Å². The summed E-state index contributed by atoms with van der Waals surface area (Å²) in [5, 5.41) is 39.5. The zero-order valence-corrected chi connectivity index (χ0v) is 15.7. The van der Waals surface area contributed by atoms with Gasteiger partial charge in [0, 0.05) is 12.8 Å². The molecule has 9 nitrogen and oxygen atoms in total. The summed E-state index contributed by atoms with van der Waals surface area (Å²) >= 11 is 0. The van der Waals surface area contributed by atoms with Gasteiger partial charge in [-0.05, 0) is 55.2 Å². The fraction of sp³-hybridized carbons (Fsp3) is 0.611. The molecule has 0 heterocycles. The first-order valence-electron chi connectivity index (χ1n) is 8.73. The van der Waals surface area contributed by atoms with Gasteiger partial charge in [0.2, 0.25) is 0 Å². The van der Waals surface area contributed by atoms with Crippen molar-refractivity contribution in [1.29, 1.82) is 0 Å². The van der Waals surface area contributed by atoms with Crippen molar-refractivity contribution < 1.29 is 24.7 Å². The van der Waals surface area contributed by atoms with Crippen molar-refractivity contribution in [2.45, 2.75) is 45.3 Å². The minimum atomic E-state index is -0.871. The van der Waals surface area contributed by atoms with Gasteiger partial charge in [0.15, 0.2) is 0 Å². The summed E-state index contributed by atoms with van der Waals surface area (Å²) < 4.78 is 11.3. The van der Waals surface area contributed by atoms with Crippen LogP contribution in [-0.4, -0.2) is 35.2 Å². The van der Waals surface area contributed by atoms with Gasteiger partial charge in [0.05, 0.1) is 17.4 Å². The first-order chi connectivity index (χ1) is 12.5. The van der Waals surface area contributed by atoms with E-state index < -0.39 is 22.5 Å². The van der Waals surface area contributed by atoms with E-state index in [1.54, 1.807) is 7.11 Å². The third kappa shape index (κ3) is 3.48. The lowest BCUT2D eigenvalue weighted by molar-refractivity contribution is -0.116. The number of anilines is 2. The highest BCUT2D eigenvalue weighted by molar-refractivity contribution is 5.92. The number of nitrogens with zero attached hydrogens (tertiary/aromatic N) is 2. The molecule has 0 spiro atoms. The Morgan fingerprint density at radius 2 is 1.78 bits per heavy atom. The van der Waals surface area contributed by atoms with Crippen molar-refractivity contribution in [3.63, 3.8) is 0 Å². The van der Waals surface area contributed by atoms with Crippen LogP contribution in [0.4, 0.5) is 11.4 Å². The third-order valence-corrected chi connectivity index (χ3v) is 6.25. The van der Waals surface area contributed by atoms with Gasteiger partial charge in [-0.1, -0.05) is 13.8 Å². The zero-order valence-electron chi connectivity index (χ0n) is 15.7. The summed E-state index contributed by atoms with van der Waals surface area (Å²) in [6, 6.07) is 3.11. The van der Waals surface area contributed by atoms with E-state index in [9.17, 15) is 25.6 Å². The molecule has 0 unspecified atom stereocenters. The Kier molecular flexibility index (Phi) is 4.86. The monoisotopic (exact) mass is 380 g/mol. The summed E-state index contributed by atoms with van der Waals surface area (Å²) in [6.07, 6.45) is 1.14. The highest BCUT2D eigenvalue weighted by atomic mass is 16.8. The molecule has 0 bridgehead atoms. The molecule has 1 aromatic carbocycles. The van der Waals surface area contributed by atoms with E-state index in [1.165, 1.54) is 0 Å². The molecule has 3 rings (SSSR count). The molecule has 4 atom stereocenters. The van der Waals surface area contributed by atoms with Crippen molar-refractivity contribution in [2.75, 3.05) is 17.6 Å². The molecule has 0 aromatic heterocycles. The number of esters is 1. The van der Waals surface area contributed by atoms with Crippen molar-refractivity contribution in [3.05, 3.63) is 34.2 Å². The summed E-state index contributed by atoms with van der Waals surface area (Å²) in [7, 11) is 1.58. The summed E-state index contributed by atoms with van der Waals surface area (Å²) in [5.74, 6) is 0.173. The Labute approximate surface area is 157 Å². The molecule has 2 saturated carbocycles. The minimum absolute atomic E-state index is 0.138. The summed E-state index contributed by atoms with van der Waals surface area (Å²) in [6.45, 7) is 6.19. The molecule has 9 heteroatoms. The first-order valence-corrected chi connectivity index (χ1v) is 8.73. The number of fused-ring (bicyclic) bond motifs is 1. The van der Waals surface area contributed by atoms with Crippen LogP contribution in [-0.2, 0) is 9.47 Å². The minimum Gasteiger partial charge on any atom is -0.769 e. The third-order valence-electron chi connectivity index (χ3n) is 6.25. The molecular formula is C18H24N2O7-2. The van der Waals surface area contributed by atoms with Gasteiger partial charge in [0.25, 0.3) is 0 Å². The topological polar surface area (TPSA) is 129 Å². The number of carbonyl (C=O) groups excluding carboxylic acids is 1. The molecule has 150 valence electrons. The van der Waals surface area contributed by atoms with Crippen molar-refractivity contribution >= 4 is 17.3 Å². The Bertz CT molecular complexity index is 710. The van der Waals surface area contributed by atoms with Gasteiger partial charge < -0.3 is 25.1 Å². The lowest BCUT2D eigenvalue weighted by Gasteiger charge is -2.40.